The third-order valence-electron chi connectivity index (χ3n) is 4.93. The monoisotopic (exact) mass is 354 g/mol. The van der Waals surface area contributed by atoms with E-state index < -0.39 is 0 Å². The number of hydrogen-bond donors (Lipinski definition) is 1. The minimum absolute atomic E-state index is 0.0346. The Morgan fingerprint density at radius 2 is 2.12 bits per heavy atom. The van der Waals surface area contributed by atoms with E-state index in [2.05, 4.69) is 35.2 Å². The van der Waals surface area contributed by atoms with Gasteiger partial charge in [0.15, 0.2) is 0 Å². The second-order valence-corrected chi connectivity index (χ2v) is 7.23. The average Bonchev–Trinajstić information content (AvgIpc) is 2.64. The topological polar surface area (TPSA) is 67.2 Å². The van der Waals surface area contributed by atoms with E-state index in [1.807, 2.05) is 18.2 Å². The molecule has 2 aromatic rings. The number of hydrogen-bond acceptors (Lipinski definition) is 4. The highest BCUT2D eigenvalue weighted by molar-refractivity contribution is 5.93. The number of aryl methyl sites for hydroxylation is 1. The Morgan fingerprint density at radius 3 is 2.85 bits per heavy atom. The molecule has 1 unspecified atom stereocenters. The molecule has 1 amide bonds. The van der Waals surface area contributed by atoms with E-state index in [1.165, 1.54) is 10.2 Å². The molecule has 1 aliphatic rings. The van der Waals surface area contributed by atoms with Gasteiger partial charge in [-0.25, -0.2) is 4.68 Å². The molecule has 3 rings (SSSR count). The van der Waals surface area contributed by atoms with Crippen LogP contribution in [0, 0.1) is 5.92 Å². The molecule has 1 aromatic carbocycles. The summed E-state index contributed by atoms with van der Waals surface area (Å²) in [6.45, 7) is 5.71. The lowest BCUT2D eigenvalue weighted by molar-refractivity contribution is -0.120. The van der Waals surface area contributed by atoms with Crippen LogP contribution in [0.4, 0.5) is 11.4 Å². The second kappa shape index (κ2) is 7.72. The number of aromatic nitrogens is 2. The van der Waals surface area contributed by atoms with E-state index in [1.54, 1.807) is 19.3 Å². The first-order valence-electron chi connectivity index (χ1n) is 9.13. The largest absolute Gasteiger partial charge is 0.369 e. The summed E-state index contributed by atoms with van der Waals surface area (Å²) in [5.41, 5.74) is 2.69. The van der Waals surface area contributed by atoms with Crippen LogP contribution in [0.1, 0.15) is 38.2 Å². The van der Waals surface area contributed by atoms with Crippen LogP contribution in [0.15, 0.2) is 41.3 Å². The molecule has 6 nitrogen and oxygen atoms in total. The molecule has 0 radical (unpaired) electrons. The maximum Gasteiger partial charge on any atom is 0.268 e. The molecule has 1 aliphatic heterocycles. The molecule has 0 aliphatic carbocycles. The number of carbonyl (C=O) groups is 1. The number of piperidine rings is 1. The zero-order valence-electron chi connectivity index (χ0n) is 15.6. The van der Waals surface area contributed by atoms with Crippen LogP contribution in [-0.2, 0) is 11.8 Å². The van der Waals surface area contributed by atoms with E-state index in [0.717, 1.165) is 30.8 Å². The van der Waals surface area contributed by atoms with Crippen molar-refractivity contribution in [3.63, 3.8) is 0 Å². The predicted octanol–water partition coefficient (Wildman–Crippen LogP) is 2.76. The van der Waals surface area contributed by atoms with E-state index in [4.69, 9.17) is 0 Å². The summed E-state index contributed by atoms with van der Waals surface area (Å²) < 4.78 is 1.30. The number of anilines is 2. The van der Waals surface area contributed by atoms with Gasteiger partial charge in [0, 0.05) is 31.9 Å². The van der Waals surface area contributed by atoms with Crippen molar-refractivity contribution < 1.29 is 4.79 Å². The van der Waals surface area contributed by atoms with Crippen LogP contribution in [0.5, 0.6) is 0 Å². The van der Waals surface area contributed by atoms with Crippen LogP contribution < -0.4 is 15.8 Å². The molecule has 1 atom stereocenters. The van der Waals surface area contributed by atoms with E-state index >= 15 is 0 Å². The Kier molecular flexibility index (Phi) is 5.40. The van der Waals surface area contributed by atoms with Gasteiger partial charge in [-0.3, -0.25) is 9.59 Å². The van der Waals surface area contributed by atoms with Crippen LogP contribution in [0.25, 0.3) is 0 Å². The molecular weight excluding hydrogens is 328 g/mol. The maximum atomic E-state index is 12.7. The average molecular weight is 354 g/mol. The van der Waals surface area contributed by atoms with Gasteiger partial charge < -0.3 is 10.2 Å². The lowest BCUT2D eigenvalue weighted by Gasteiger charge is -2.33. The number of nitrogens with one attached hydrogen (secondary N) is 1. The van der Waals surface area contributed by atoms with E-state index in [9.17, 15) is 9.59 Å². The molecule has 0 spiro atoms. The predicted molar refractivity (Wildman–Crippen MR) is 104 cm³/mol. The molecule has 26 heavy (non-hydrogen) atoms. The van der Waals surface area contributed by atoms with Gasteiger partial charge in [-0.1, -0.05) is 26.0 Å². The van der Waals surface area contributed by atoms with Crippen LogP contribution in [-0.4, -0.2) is 28.8 Å². The quantitative estimate of drug-likeness (QED) is 0.917. The molecule has 2 heterocycles. The minimum Gasteiger partial charge on any atom is -0.369 e. The van der Waals surface area contributed by atoms with Crippen LogP contribution in [0.2, 0.25) is 0 Å². The lowest BCUT2D eigenvalue weighted by atomic mass is 9.96. The van der Waals surface area contributed by atoms with Crippen molar-refractivity contribution in [1.29, 1.82) is 0 Å². The number of carbonyl (C=O) groups excluding carboxylic acids is 1. The third-order valence-corrected chi connectivity index (χ3v) is 4.93. The number of benzene rings is 1. The molecule has 1 saturated heterocycles. The van der Waals surface area contributed by atoms with Crippen LogP contribution in [0.3, 0.4) is 0 Å². The second-order valence-electron chi connectivity index (χ2n) is 7.23. The van der Waals surface area contributed by atoms with Crippen molar-refractivity contribution in [2.24, 2.45) is 13.0 Å². The van der Waals surface area contributed by atoms with Crippen molar-refractivity contribution in [1.82, 2.24) is 9.78 Å². The summed E-state index contributed by atoms with van der Waals surface area (Å²) >= 11 is 0. The minimum atomic E-state index is -0.139. The molecule has 6 heteroatoms. The normalized spacial score (nSPS) is 17.4. The Hall–Kier alpha value is -2.63. The third kappa shape index (κ3) is 4.12. The highest BCUT2D eigenvalue weighted by atomic mass is 16.2. The van der Waals surface area contributed by atoms with Gasteiger partial charge in [0.25, 0.3) is 5.56 Å². The number of nitrogens with zero attached hydrogens (tertiary/aromatic N) is 3. The Labute approximate surface area is 153 Å². The Bertz CT molecular complexity index is 844. The van der Waals surface area contributed by atoms with Crippen LogP contribution >= 0.6 is 0 Å². The maximum absolute atomic E-state index is 12.7. The SMILES string of the molecule is CC(C)c1cccc(NC(=O)C2CCCN(c3cnn(C)c(=O)c3)C2)c1. The summed E-state index contributed by atoms with van der Waals surface area (Å²) in [5, 5.41) is 7.13. The van der Waals surface area contributed by atoms with Gasteiger partial charge in [0.05, 0.1) is 17.8 Å². The van der Waals surface area contributed by atoms with Crippen molar-refractivity contribution >= 4 is 17.3 Å². The van der Waals surface area contributed by atoms with Crippen molar-refractivity contribution in [2.75, 3.05) is 23.3 Å². The van der Waals surface area contributed by atoms with Gasteiger partial charge in [-0.2, -0.15) is 5.10 Å². The molecule has 1 aromatic heterocycles. The first kappa shape index (κ1) is 18.2. The van der Waals surface area contributed by atoms with Gasteiger partial charge in [-0.05, 0) is 36.5 Å². The van der Waals surface area contributed by atoms with Gasteiger partial charge >= 0.3 is 0 Å². The highest BCUT2D eigenvalue weighted by Gasteiger charge is 2.26. The Balaban J connectivity index is 1.69. The number of amides is 1. The Morgan fingerprint density at radius 1 is 1.31 bits per heavy atom. The fraction of sp³-hybridized carbons (Fsp3) is 0.450. The standard InChI is InChI=1S/C20H26N4O2/c1-14(2)15-6-4-8-17(10-15)22-20(26)16-7-5-9-24(13-16)18-11-19(25)23(3)21-12-18/h4,6,8,10-12,14,16H,5,7,9,13H2,1-3H3,(H,22,26). The lowest BCUT2D eigenvalue weighted by Crippen LogP contribution is -2.41. The molecule has 0 bridgehead atoms. The summed E-state index contributed by atoms with van der Waals surface area (Å²) in [4.78, 5) is 26.6. The zero-order chi connectivity index (χ0) is 18.7. The first-order chi connectivity index (χ1) is 12.4. The van der Waals surface area contributed by atoms with Crippen molar-refractivity contribution in [3.8, 4) is 0 Å². The van der Waals surface area contributed by atoms with Gasteiger partial charge in [0.1, 0.15) is 0 Å². The molecule has 0 saturated carbocycles. The first-order valence-corrected chi connectivity index (χ1v) is 9.13. The molecular formula is C20H26N4O2. The van der Waals surface area contributed by atoms with E-state index in [0.29, 0.717) is 12.5 Å². The number of rotatable bonds is 4. The van der Waals surface area contributed by atoms with Gasteiger partial charge in [0.2, 0.25) is 5.91 Å². The van der Waals surface area contributed by atoms with Crippen molar-refractivity contribution in [2.45, 2.75) is 32.6 Å². The highest BCUT2D eigenvalue weighted by Crippen LogP contribution is 2.24. The summed E-state index contributed by atoms with van der Waals surface area (Å²) in [7, 11) is 1.63. The molecule has 138 valence electrons. The fourth-order valence-electron chi connectivity index (χ4n) is 3.28. The fourth-order valence-corrected chi connectivity index (χ4v) is 3.28. The van der Waals surface area contributed by atoms with Crippen molar-refractivity contribution in [3.05, 3.63) is 52.4 Å². The molecule has 1 fully saturated rings. The zero-order valence-corrected chi connectivity index (χ0v) is 15.6. The van der Waals surface area contributed by atoms with E-state index in [-0.39, 0.29) is 17.4 Å². The molecule has 1 N–H and O–H groups in total. The van der Waals surface area contributed by atoms with Gasteiger partial charge in [-0.15, -0.1) is 0 Å². The summed E-state index contributed by atoms with van der Waals surface area (Å²) in [6, 6.07) is 9.59. The summed E-state index contributed by atoms with van der Waals surface area (Å²) in [5.74, 6) is 0.355. The smallest absolute Gasteiger partial charge is 0.268 e. The summed E-state index contributed by atoms with van der Waals surface area (Å²) in [6.07, 6.45) is 3.46.